The molecule has 1 aliphatic carbocycles. The lowest BCUT2D eigenvalue weighted by Crippen LogP contribution is -2.46. The van der Waals surface area contributed by atoms with Crippen molar-refractivity contribution in [3.63, 3.8) is 0 Å². The molecule has 8 nitrogen and oxygen atoms in total. The minimum Gasteiger partial charge on any atom is -0.507 e. The number of likely N-dealkylation sites (N-methyl/N-ethyl adjacent to an activating group) is 1. The van der Waals surface area contributed by atoms with E-state index >= 15 is 0 Å². The summed E-state index contributed by atoms with van der Waals surface area (Å²) in [5, 5.41) is 20.5. The minimum absolute atomic E-state index is 0. The summed E-state index contributed by atoms with van der Waals surface area (Å²) in [4.78, 5) is 43.2. The van der Waals surface area contributed by atoms with Gasteiger partial charge in [-0.15, -0.1) is 24.8 Å². The lowest BCUT2D eigenvalue weighted by molar-refractivity contribution is 0.0496. The Labute approximate surface area is 229 Å². The molecule has 0 aromatic heterocycles. The van der Waals surface area contributed by atoms with Crippen LogP contribution in [-0.4, -0.2) is 83.4 Å². The first-order valence-electron chi connectivity index (χ1n) is 12.3. The fourth-order valence-electron chi connectivity index (χ4n) is 4.77. The van der Waals surface area contributed by atoms with Crippen molar-refractivity contribution in [3.8, 4) is 11.5 Å². The predicted octanol–water partition coefficient (Wildman–Crippen LogP) is 4.07. The fraction of sp³-hybridized carbons (Fsp3) is 0.444. The molecule has 4 rings (SSSR count). The largest absolute Gasteiger partial charge is 0.507 e. The standard InChI is InChI=1S/C27H32N2O6.2ClH/c1-2-28-11-13-29(14-12-28)10-5-3-4-6-15-35-27(34)18-16-20-24(22(31)17-18)26(33)23-19(25(20)32)8-7-9-21(23)30;;/h7-9,16-17,30-31H,2-6,10-15H2,1H3;2*1H. The van der Waals surface area contributed by atoms with Crippen LogP contribution in [-0.2, 0) is 4.74 Å². The molecule has 0 saturated carbocycles. The summed E-state index contributed by atoms with van der Waals surface area (Å²) < 4.78 is 5.34. The number of hydrogen-bond donors (Lipinski definition) is 2. The Morgan fingerprint density at radius 2 is 1.49 bits per heavy atom. The van der Waals surface area contributed by atoms with Crippen LogP contribution in [0.25, 0.3) is 0 Å². The minimum atomic E-state index is -0.655. The van der Waals surface area contributed by atoms with Crippen molar-refractivity contribution in [2.75, 3.05) is 45.9 Å². The van der Waals surface area contributed by atoms with Crippen molar-refractivity contribution in [1.82, 2.24) is 9.80 Å². The quantitative estimate of drug-likeness (QED) is 0.302. The molecule has 0 atom stereocenters. The lowest BCUT2D eigenvalue weighted by Gasteiger charge is -2.33. The van der Waals surface area contributed by atoms with Gasteiger partial charge in [0.05, 0.1) is 23.3 Å². The molecule has 0 unspecified atom stereocenters. The van der Waals surface area contributed by atoms with Crippen LogP contribution in [0.5, 0.6) is 11.5 Å². The number of phenolic OH excluding ortho intramolecular Hbond substituents is 2. The molecule has 1 heterocycles. The number of benzene rings is 2. The highest BCUT2D eigenvalue weighted by Crippen LogP contribution is 2.37. The average Bonchev–Trinajstić information content (AvgIpc) is 2.86. The van der Waals surface area contributed by atoms with E-state index in [1.54, 1.807) is 0 Å². The van der Waals surface area contributed by atoms with Gasteiger partial charge >= 0.3 is 5.97 Å². The van der Waals surface area contributed by atoms with E-state index in [2.05, 4.69) is 16.7 Å². The van der Waals surface area contributed by atoms with Crippen molar-refractivity contribution >= 4 is 42.3 Å². The monoisotopic (exact) mass is 552 g/mol. The number of carbonyl (C=O) groups excluding carboxylic acids is 3. The molecule has 202 valence electrons. The maximum atomic E-state index is 12.9. The molecule has 1 aliphatic heterocycles. The summed E-state index contributed by atoms with van der Waals surface area (Å²) in [6.45, 7) is 9.18. The molecular weight excluding hydrogens is 519 g/mol. The van der Waals surface area contributed by atoms with Gasteiger partial charge in [-0.2, -0.15) is 0 Å². The molecule has 10 heteroatoms. The van der Waals surface area contributed by atoms with E-state index in [-0.39, 0.29) is 65.0 Å². The Morgan fingerprint density at radius 1 is 0.838 bits per heavy atom. The first kappa shape index (κ1) is 30.6. The number of piperazine rings is 1. The molecule has 0 bridgehead atoms. The van der Waals surface area contributed by atoms with Gasteiger partial charge in [0.2, 0.25) is 5.78 Å². The van der Waals surface area contributed by atoms with Crippen LogP contribution in [0.15, 0.2) is 30.3 Å². The van der Waals surface area contributed by atoms with Gasteiger partial charge in [0.25, 0.3) is 0 Å². The highest BCUT2D eigenvalue weighted by Gasteiger charge is 2.35. The molecule has 2 N–H and O–H groups in total. The average molecular weight is 553 g/mol. The zero-order valence-corrected chi connectivity index (χ0v) is 22.5. The van der Waals surface area contributed by atoms with E-state index in [9.17, 15) is 24.6 Å². The number of rotatable bonds is 9. The Morgan fingerprint density at radius 3 is 2.19 bits per heavy atom. The predicted molar refractivity (Wildman–Crippen MR) is 145 cm³/mol. The first-order chi connectivity index (χ1) is 16.9. The number of halogens is 2. The lowest BCUT2D eigenvalue weighted by atomic mass is 9.82. The van der Waals surface area contributed by atoms with Crippen molar-refractivity contribution in [2.24, 2.45) is 0 Å². The summed E-state index contributed by atoms with van der Waals surface area (Å²) in [5.41, 5.74) is -0.368. The molecule has 2 aliphatic rings. The van der Waals surface area contributed by atoms with Crippen LogP contribution in [0.1, 0.15) is 74.8 Å². The van der Waals surface area contributed by atoms with Gasteiger partial charge in [0, 0.05) is 37.3 Å². The molecule has 37 heavy (non-hydrogen) atoms. The van der Waals surface area contributed by atoms with Gasteiger partial charge in [-0.1, -0.05) is 31.9 Å². The van der Waals surface area contributed by atoms with Gasteiger partial charge < -0.3 is 24.7 Å². The van der Waals surface area contributed by atoms with E-state index < -0.39 is 23.3 Å². The second-order valence-corrected chi connectivity index (χ2v) is 9.10. The van der Waals surface area contributed by atoms with E-state index in [1.807, 2.05) is 0 Å². The number of nitrogens with zero attached hydrogens (tertiary/aromatic N) is 2. The smallest absolute Gasteiger partial charge is 0.338 e. The molecular formula is C27H34Cl2N2O6. The summed E-state index contributed by atoms with van der Waals surface area (Å²) in [5.74, 6) is -2.65. The SMILES string of the molecule is CCN1CCN(CCCCCCOC(=O)c2cc(O)c3c(c2)C(=O)c2cccc(O)c2C3=O)CC1.Cl.Cl. The molecule has 1 saturated heterocycles. The number of phenols is 2. The highest BCUT2D eigenvalue weighted by atomic mass is 35.5. The third-order valence-corrected chi connectivity index (χ3v) is 6.85. The second kappa shape index (κ2) is 13.8. The number of ether oxygens (including phenoxy) is 1. The van der Waals surface area contributed by atoms with E-state index in [1.165, 1.54) is 24.3 Å². The number of ketones is 2. The number of aromatic hydroxyl groups is 2. The Balaban J connectivity index is 0.00000241. The van der Waals surface area contributed by atoms with Gasteiger partial charge in [0.15, 0.2) is 5.78 Å². The molecule has 1 fully saturated rings. The topological polar surface area (TPSA) is 107 Å². The van der Waals surface area contributed by atoms with Crippen LogP contribution < -0.4 is 0 Å². The Hall–Kier alpha value is -2.65. The van der Waals surface area contributed by atoms with Crippen molar-refractivity contribution in [3.05, 3.63) is 58.1 Å². The summed E-state index contributed by atoms with van der Waals surface area (Å²) in [6.07, 6.45) is 3.86. The normalized spacial score (nSPS) is 15.3. The van der Waals surface area contributed by atoms with E-state index in [4.69, 9.17) is 4.74 Å². The summed E-state index contributed by atoms with van der Waals surface area (Å²) >= 11 is 0. The first-order valence-corrected chi connectivity index (χ1v) is 12.3. The summed E-state index contributed by atoms with van der Waals surface area (Å²) in [6, 6.07) is 6.63. The van der Waals surface area contributed by atoms with Gasteiger partial charge in [-0.05, 0) is 44.1 Å². The van der Waals surface area contributed by atoms with Crippen molar-refractivity contribution in [2.45, 2.75) is 32.6 Å². The third kappa shape index (κ3) is 6.82. The molecule has 0 spiro atoms. The van der Waals surface area contributed by atoms with Crippen LogP contribution in [0.4, 0.5) is 0 Å². The Kier molecular flexibility index (Phi) is 11.4. The second-order valence-electron chi connectivity index (χ2n) is 9.10. The van der Waals surface area contributed by atoms with Crippen LogP contribution in [0.2, 0.25) is 0 Å². The molecule has 2 aromatic carbocycles. The maximum Gasteiger partial charge on any atom is 0.338 e. The maximum absolute atomic E-state index is 12.9. The van der Waals surface area contributed by atoms with E-state index in [0.717, 1.165) is 71.0 Å². The van der Waals surface area contributed by atoms with E-state index in [0.29, 0.717) is 0 Å². The van der Waals surface area contributed by atoms with Crippen LogP contribution in [0.3, 0.4) is 0 Å². The molecule has 0 amide bonds. The van der Waals surface area contributed by atoms with Gasteiger partial charge in [0.1, 0.15) is 11.5 Å². The Bertz CT molecular complexity index is 1130. The molecule has 0 radical (unpaired) electrons. The van der Waals surface area contributed by atoms with Crippen molar-refractivity contribution in [1.29, 1.82) is 0 Å². The highest BCUT2D eigenvalue weighted by molar-refractivity contribution is 6.30. The van der Waals surface area contributed by atoms with Gasteiger partial charge in [-0.25, -0.2) is 4.79 Å². The van der Waals surface area contributed by atoms with Crippen LogP contribution >= 0.6 is 24.8 Å². The molecule has 2 aromatic rings. The zero-order valence-electron chi connectivity index (χ0n) is 20.9. The third-order valence-electron chi connectivity index (χ3n) is 6.85. The number of hydrogen-bond acceptors (Lipinski definition) is 8. The van der Waals surface area contributed by atoms with Crippen molar-refractivity contribution < 1.29 is 29.3 Å². The fourth-order valence-corrected chi connectivity index (χ4v) is 4.77. The number of unbranched alkanes of at least 4 members (excludes halogenated alkanes) is 3. The summed E-state index contributed by atoms with van der Waals surface area (Å²) in [7, 11) is 0. The zero-order chi connectivity index (χ0) is 24.9. The number of esters is 1. The van der Waals surface area contributed by atoms with Gasteiger partial charge in [-0.3, -0.25) is 9.59 Å². The van der Waals surface area contributed by atoms with Crippen LogP contribution in [0, 0.1) is 0 Å². The number of carbonyl (C=O) groups is 3. The number of fused-ring (bicyclic) bond motifs is 2.